The van der Waals surface area contributed by atoms with Gasteiger partial charge < -0.3 is 11.1 Å². The van der Waals surface area contributed by atoms with E-state index in [1.54, 1.807) is 24.3 Å². The molecule has 150 valence electrons. The van der Waals surface area contributed by atoms with Gasteiger partial charge in [-0.15, -0.1) is 0 Å². The summed E-state index contributed by atoms with van der Waals surface area (Å²) in [5, 5.41) is 6.32. The zero-order valence-corrected chi connectivity index (χ0v) is 17.3. The lowest BCUT2D eigenvalue weighted by Crippen LogP contribution is -2.41. The van der Waals surface area contributed by atoms with E-state index in [4.69, 9.17) is 5.73 Å². The summed E-state index contributed by atoms with van der Waals surface area (Å²) in [5.74, 6) is 0.201. The fourth-order valence-electron chi connectivity index (χ4n) is 3.08. The van der Waals surface area contributed by atoms with Gasteiger partial charge in [0.25, 0.3) is 0 Å². The molecule has 0 aliphatic heterocycles. The summed E-state index contributed by atoms with van der Waals surface area (Å²) in [4.78, 5) is 23.7. The fourth-order valence-corrected chi connectivity index (χ4v) is 3.08. The number of amides is 2. The summed E-state index contributed by atoms with van der Waals surface area (Å²) in [6, 6.07) is 14.8. The number of nitrogens with one attached hydrogen (secondary N) is 2. The smallest absolute Gasteiger partial charge is 0.248 e. The molecule has 0 heterocycles. The van der Waals surface area contributed by atoms with Gasteiger partial charge in [0.2, 0.25) is 11.8 Å². The van der Waals surface area contributed by atoms with Crippen LogP contribution in [0.3, 0.4) is 0 Å². The molecule has 0 aromatic heterocycles. The molecule has 4 N–H and O–H groups in total. The Hall–Kier alpha value is -2.66. The average molecular weight is 382 g/mol. The molecule has 0 saturated heterocycles. The molecule has 0 radical (unpaired) electrons. The van der Waals surface area contributed by atoms with Crippen molar-refractivity contribution in [3.05, 3.63) is 65.2 Å². The molecule has 0 fully saturated rings. The topological polar surface area (TPSA) is 84.2 Å². The van der Waals surface area contributed by atoms with Crippen molar-refractivity contribution in [3.63, 3.8) is 0 Å². The lowest BCUT2D eigenvalue weighted by atomic mass is 9.93. The SMILES string of the molecule is CC(C)c1ccc([C@H](N[C@@H](C)C(=O)Nc2ccc(C(N)=O)cc2)C(C)C)cc1. The number of primary amides is 1. The monoisotopic (exact) mass is 381 g/mol. The van der Waals surface area contributed by atoms with E-state index >= 15 is 0 Å². The number of anilines is 1. The maximum Gasteiger partial charge on any atom is 0.248 e. The predicted octanol–water partition coefficient (Wildman–Crippen LogP) is 4.22. The van der Waals surface area contributed by atoms with E-state index in [1.165, 1.54) is 11.1 Å². The van der Waals surface area contributed by atoms with Crippen molar-refractivity contribution in [2.75, 3.05) is 5.32 Å². The number of benzene rings is 2. The highest BCUT2D eigenvalue weighted by atomic mass is 16.2. The fraction of sp³-hybridized carbons (Fsp3) is 0.391. The van der Waals surface area contributed by atoms with Crippen LogP contribution in [-0.4, -0.2) is 17.9 Å². The molecule has 2 atom stereocenters. The molecule has 0 bridgehead atoms. The van der Waals surface area contributed by atoms with E-state index in [9.17, 15) is 9.59 Å². The van der Waals surface area contributed by atoms with Crippen molar-refractivity contribution < 1.29 is 9.59 Å². The molecular formula is C23H31N3O2. The Bertz CT molecular complexity index is 796. The maximum atomic E-state index is 12.6. The number of carbonyl (C=O) groups excluding carboxylic acids is 2. The zero-order valence-electron chi connectivity index (χ0n) is 17.3. The van der Waals surface area contributed by atoms with Crippen LogP contribution >= 0.6 is 0 Å². The van der Waals surface area contributed by atoms with Crippen LogP contribution < -0.4 is 16.4 Å². The first-order valence-electron chi connectivity index (χ1n) is 9.75. The molecule has 5 heteroatoms. The summed E-state index contributed by atoms with van der Waals surface area (Å²) in [6.07, 6.45) is 0. The highest BCUT2D eigenvalue weighted by Gasteiger charge is 2.22. The van der Waals surface area contributed by atoms with Crippen molar-refractivity contribution in [3.8, 4) is 0 Å². The van der Waals surface area contributed by atoms with Gasteiger partial charge in [-0.2, -0.15) is 0 Å². The Morgan fingerprint density at radius 2 is 1.36 bits per heavy atom. The van der Waals surface area contributed by atoms with Crippen molar-refractivity contribution in [2.45, 2.75) is 52.6 Å². The lowest BCUT2D eigenvalue weighted by Gasteiger charge is -2.27. The van der Waals surface area contributed by atoms with Crippen LogP contribution in [0.4, 0.5) is 5.69 Å². The van der Waals surface area contributed by atoms with Crippen molar-refractivity contribution in [1.29, 1.82) is 0 Å². The third-order valence-electron chi connectivity index (χ3n) is 4.89. The number of nitrogens with two attached hydrogens (primary N) is 1. The highest BCUT2D eigenvalue weighted by molar-refractivity contribution is 5.96. The van der Waals surface area contributed by atoms with Crippen molar-refractivity contribution in [2.24, 2.45) is 11.7 Å². The molecule has 28 heavy (non-hydrogen) atoms. The largest absolute Gasteiger partial charge is 0.366 e. The molecule has 0 aliphatic rings. The molecule has 2 aromatic rings. The average Bonchev–Trinajstić information content (AvgIpc) is 2.66. The van der Waals surface area contributed by atoms with Crippen molar-refractivity contribution in [1.82, 2.24) is 5.32 Å². The molecule has 0 saturated carbocycles. The maximum absolute atomic E-state index is 12.6. The minimum atomic E-state index is -0.490. The first kappa shape index (κ1) is 21.6. The van der Waals surface area contributed by atoms with Gasteiger partial charge in [0, 0.05) is 17.3 Å². The summed E-state index contributed by atoms with van der Waals surface area (Å²) in [6.45, 7) is 10.5. The molecule has 2 amide bonds. The van der Waals surface area contributed by atoms with E-state index < -0.39 is 5.91 Å². The van der Waals surface area contributed by atoms with Crippen LogP contribution in [0.5, 0.6) is 0 Å². The second-order valence-corrected chi connectivity index (χ2v) is 7.86. The van der Waals surface area contributed by atoms with E-state index in [2.05, 4.69) is 62.6 Å². The van der Waals surface area contributed by atoms with Gasteiger partial charge >= 0.3 is 0 Å². The van der Waals surface area contributed by atoms with E-state index in [0.717, 1.165) is 0 Å². The summed E-state index contributed by atoms with van der Waals surface area (Å²) >= 11 is 0. The molecule has 0 spiro atoms. The van der Waals surface area contributed by atoms with Crippen LogP contribution in [0.15, 0.2) is 48.5 Å². The van der Waals surface area contributed by atoms with Gasteiger partial charge in [0.15, 0.2) is 0 Å². The Labute approximate surface area is 167 Å². The van der Waals surface area contributed by atoms with Crippen LogP contribution in [-0.2, 0) is 4.79 Å². The first-order valence-corrected chi connectivity index (χ1v) is 9.75. The van der Waals surface area contributed by atoms with E-state index in [1.807, 2.05) is 6.92 Å². The Kier molecular flexibility index (Phi) is 7.35. The van der Waals surface area contributed by atoms with Gasteiger partial charge in [-0.25, -0.2) is 0 Å². The van der Waals surface area contributed by atoms with Gasteiger partial charge in [0.1, 0.15) is 0 Å². The summed E-state index contributed by atoms with van der Waals surface area (Å²) in [5.41, 5.74) is 8.76. The van der Waals surface area contributed by atoms with Crippen LogP contribution in [0.25, 0.3) is 0 Å². The Morgan fingerprint density at radius 1 is 0.821 bits per heavy atom. The molecule has 5 nitrogen and oxygen atoms in total. The third kappa shape index (κ3) is 5.67. The molecule has 2 aromatic carbocycles. The van der Waals surface area contributed by atoms with Gasteiger partial charge in [-0.05, 0) is 54.2 Å². The number of hydrogen-bond acceptors (Lipinski definition) is 3. The quantitative estimate of drug-likeness (QED) is 0.640. The van der Waals surface area contributed by atoms with Crippen LogP contribution in [0, 0.1) is 5.92 Å². The second kappa shape index (κ2) is 9.51. The van der Waals surface area contributed by atoms with Gasteiger partial charge in [-0.1, -0.05) is 52.0 Å². The third-order valence-corrected chi connectivity index (χ3v) is 4.89. The standard InChI is InChI=1S/C23H31N3O2/c1-14(2)17-6-8-18(9-7-17)21(15(3)4)25-16(5)23(28)26-20-12-10-19(11-13-20)22(24)27/h6-16,21,25H,1-5H3,(H2,24,27)(H,26,28)/t16-,21+/m0/s1. The normalized spacial score (nSPS) is 13.4. The minimum absolute atomic E-state index is 0.0687. The predicted molar refractivity (Wildman–Crippen MR) is 114 cm³/mol. The number of hydrogen-bond donors (Lipinski definition) is 3. The minimum Gasteiger partial charge on any atom is -0.366 e. The van der Waals surface area contributed by atoms with Crippen LogP contribution in [0.2, 0.25) is 0 Å². The van der Waals surface area contributed by atoms with Crippen molar-refractivity contribution >= 4 is 17.5 Å². The Morgan fingerprint density at radius 3 is 1.82 bits per heavy atom. The van der Waals surface area contributed by atoms with E-state index in [0.29, 0.717) is 23.1 Å². The lowest BCUT2D eigenvalue weighted by molar-refractivity contribution is -0.118. The van der Waals surface area contributed by atoms with Gasteiger partial charge in [-0.3, -0.25) is 14.9 Å². The summed E-state index contributed by atoms with van der Waals surface area (Å²) in [7, 11) is 0. The van der Waals surface area contributed by atoms with Gasteiger partial charge in [0.05, 0.1) is 6.04 Å². The number of rotatable bonds is 8. The zero-order chi connectivity index (χ0) is 20.8. The molecule has 2 rings (SSSR count). The summed E-state index contributed by atoms with van der Waals surface area (Å²) < 4.78 is 0. The molecule has 0 unspecified atom stereocenters. The first-order chi connectivity index (χ1) is 13.2. The second-order valence-electron chi connectivity index (χ2n) is 7.86. The highest BCUT2D eigenvalue weighted by Crippen LogP contribution is 2.25. The number of carbonyl (C=O) groups is 2. The molecule has 0 aliphatic carbocycles. The Balaban J connectivity index is 2.05. The molecular weight excluding hydrogens is 350 g/mol. The van der Waals surface area contributed by atoms with Crippen LogP contribution in [0.1, 0.15) is 68.1 Å². The van der Waals surface area contributed by atoms with E-state index in [-0.39, 0.29) is 18.0 Å².